The topological polar surface area (TPSA) is 51.1 Å². The monoisotopic (exact) mass is 366 g/mol. The van der Waals surface area contributed by atoms with Gasteiger partial charge in [-0.15, -0.1) is 11.3 Å². The highest BCUT2D eigenvalue weighted by Gasteiger charge is 2.19. The fraction of sp³-hybridized carbons (Fsp3) is 0.238. The Hall–Kier alpha value is -2.66. The molecular weight excluding hydrogens is 344 g/mol. The summed E-state index contributed by atoms with van der Waals surface area (Å²) in [6.45, 7) is 4.31. The molecule has 0 aliphatic heterocycles. The summed E-state index contributed by atoms with van der Waals surface area (Å²) in [7, 11) is 1.66. The van der Waals surface area contributed by atoms with E-state index in [1.807, 2.05) is 17.5 Å². The van der Waals surface area contributed by atoms with Gasteiger partial charge in [-0.25, -0.2) is 0 Å². The van der Waals surface area contributed by atoms with Gasteiger partial charge in [-0.05, 0) is 34.6 Å². The quantitative estimate of drug-likeness (QED) is 0.739. The van der Waals surface area contributed by atoms with E-state index in [0.29, 0.717) is 11.5 Å². The second-order valence-electron chi connectivity index (χ2n) is 6.61. The molecule has 4 nitrogen and oxygen atoms in total. The Kier molecular flexibility index (Phi) is 5.38. The third-order valence-corrected chi connectivity index (χ3v) is 5.34. The van der Waals surface area contributed by atoms with Crippen LogP contribution < -0.4 is 10.9 Å². The number of hydrogen-bond acceptors (Lipinski definition) is 3. The minimum atomic E-state index is -0.256. The third kappa shape index (κ3) is 3.94. The summed E-state index contributed by atoms with van der Waals surface area (Å²) in [4.78, 5) is 25.6. The molecule has 3 aromatic rings. The molecule has 0 fully saturated rings. The van der Waals surface area contributed by atoms with Gasteiger partial charge in [-0.2, -0.15) is 0 Å². The maximum Gasteiger partial charge on any atom is 0.252 e. The average molecular weight is 366 g/mol. The van der Waals surface area contributed by atoms with E-state index in [4.69, 9.17) is 0 Å². The zero-order chi connectivity index (χ0) is 18.7. The van der Waals surface area contributed by atoms with Crippen molar-refractivity contribution in [3.05, 3.63) is 92.0 Å². The number of carbonyl (C=O) groups is 1. The zero-order valence-electron chi connectivity index (χ0n) is 15.1. The van der Waals surface area contributed by atoms with Crippen LogP contribution in [0, 0.1) is 0 Å². The first-order valence-electron chi connectivity index (χ1n) is 8.56. The number of aromatic nitrogens is 1. The summed E-state index contributed by atoms with van der Waals surface area (Å²) >= 11 is 1.60. The Balaban J connectivity index is 1.90. The lowest BCUT2D eigenvalue weighted by Gasteiger charge is -2.19. The maximum absolute atomic E-state index is 12.7. The molecule has 26 heavy (non-hydrogen) atoms. The SMILES string of the molecule is CC(C)c1ccc(C(NC(=O)c2ccn(C)c(=O)c2)c2cccs2)cc1. The van der Waals surface area contributed by atoms with Crippen LogP contribution in [-0.4, -0.2) is 10.5 Å². The Morgan fingerprint density at radius 3 is 2.35 bits per heavy atom. The summed E-state index contributed by atoms with van der Waals surface area (Å²) in [5.41, 5.74) is 2.45. The molecule has 0 spiro atoms. The molecule has 1 atom stereocenters. The lowest BCUT2D eigenvalue weighted by atomic mass is 9.98. The van der Waals surface area contributed by atoms with Crippen molar-refractivity contribution < 1.29 is 4.79 Å². The van der Waals surface area contributed by atoms with E-state index in [0.717, 1.165) is 10.4 Å². The van der Waals surface area contributed by atoms with Crippen molar-refractivity contribution in [1.82, 2.24) is 9.88 Å². The van der Waals surface area contributed by atoms with Crippen LogP contribution in [0.4, 0.5) is 0 Å². The van der Waals surface area contributed by atoms with Gasteiger partial charge in [-0.3, -0.25) is 9.59 Å². The van der Waals surface area contributed by atoms with Crippen molar-refractivity contribution >= 4 is 17.2 Å². The summed E-state index contributed by atoms with van der Waals surface area (Å²) in [5.74, 6) is 0.202. The lowest BCUT2D eigenvalue weighted by molar-refractivity contribution is 0.0943. The minimum Gasteiger partial charge on any atom is -0.340 e. The highest BCUT2D eigenvalue weighted by atomic mass is 32.1. The van der Waals surface area contributed by atoms with Gasteiger partial charge in [0.05, 0.1) is 6.04 Å². The van der Waals surface area contributed by atoms with E-state index < -0.39 is 0 Å². The molecule has 0 saturated carbocycles. The summed E-state index contributed by atoms with van der Waals surface area (Å²) in [6, 6.07) is 15.1. The summed E-state index contributed by atoms with van der Waals surface area (Å²) < 4.78 is 1.44. The van der Waals surface area contributed by atoms with Crippen LogP contribution >= 0.6 is 11.3 Å². The van der Waals surface area contributed by atoms with Crippen molar-refractivity contribution in [3.63, 3.8) is 0 Å². The largest absolute Gasteiger partial charge is 0.340 e. The second-order valence-corrected chi connectivity index (χ2v) is 7.59. The highest BCUT2D eigenvalue weighted by Crippen LogP contribution is 2.27. The van der Waals surface area contributed by atoms with Crippen molar-refractivity contribution in [2.24, 2.45) is 7.05 Å². The van der Waals surface area contributed by atoms with Gasteiger partial charge in [0.2, 0.25) is 0 Å². The van der Waals surface area contributed by atoms with Crippen LogP contribution in [0.2, 0.25) is 0 Å². The molecule has 2 heterocycles. The van der Waals surface area contributed by atoms with E-state index in [1.165, 1.54) is 16.2 Å². The first-order valence-corrected chi connectivity index (χ1v) is 9.44. The van der Waals surface area contributed by atoms with Gasteiger partial charge < -0.3 is 9.88 Å². The van der Waals surface area contributed by atoms with Crippen molar-refractivity contribution in [2.75, 3.05) is 0 Å². The number of nitrogens with one attached hydrogen (secondary N) is 1. The van der Waals surface area contributed by atoms with Gasteiger partial charge in [0, 0.05) is 29.8 Å². The van der Waals surface area contributed by atoms with Crippen molar-refractivity contribution in [2.45, 2.75) is 25.8 Å². The van der Waals surface area contributed by atoms with Crippen LogP contribution in [0.15, 0.2) is 64.9 Å². The van der Waals surface area contributed by atoms with Gasteiger partial charge in [0.15, 0.2) is 0 Å². The maximum atomic E-state index is 12.7. The molecule has 0 radical (unpaired) electrons. The Bertz CT molecular complexity index is 941. The third-order valence-electron chi connectivity index (χ3n) is 4.41. The lowest BCUT2D eigenvalue weighted by Crippen LogP contribution is -2.30. The molecule has 0 bridgehead atoms. The number of benzene rings is 1. The molecule has 1 N–H and O–H groups in total. The molecule has 0 aliphatic carbocycles. The molecule has 2 aromatic heterocycles. The van der Waals surface area contributed by atoms with Crippen molar-refractivity contribution in [1.29, 1.82) is 0 Å². The predicted molar refractivity (Wildman–Crippen MR) is 106 cm³/mol. The average Bonchev–Trinajstić information content (AvgIpc) is 3.16. The van der Waals surface area contributed by atoms with E-state index in [2.05, 4.69) is 43.4 Å². The highest BCUT2D eigenvalue weighted by molar-refractivity contribution is 7.10. The van der Waals surface area contributed by atoms with Crippen LogP contribution in [0.5, 0.6) is 0 Å². The van der Waals surface area contributed by atoms with E-state index in [1.54, 1.807) is 30.6 Å². The molecule has 1 unspecified atom stereocenters. The molecule has 1 aromatic carbocycles. The molecule has 0 aliphatic rings. The molecular formula is C21H22N2O2S. The first-order chi connectivity index (χ1) is 12.5. The van der Waals surface area contributed by atoms with Crippen LogP contribution in [0.25, 0.3) is 0 Å². The van der Waals surface area contributed by atoms with E-state index >= 15 is 0 Å². The van der Waals surface area contributed by atoms with Crippen molar-refractivity contribution in [3.8, 4) is 0 Å². The summed E-state index contributed by atoms with van der Waals surface area (Å²) in [5, 5.41) is 5.07. The number of aryl methyl sites for hydroxylation is 1. The molecule has 0 saturated heterocycles. The Morgan fingerprint density at radius 1 is 1.08 bits per heavy atom. The number of hydrogen-bond donors (Lipinski definition) is 1. The minimum absolute atomic E-state index is 0.202. The van der Waals surface area contributed by atoms with Crippen LogP contribution in [0.1, 0.15) is 52.2 Å². The summed E-state index contributed by atoms with van der Waals surface area (Å²) in [6.07, 6.45) is 1.61. The van der Waals surface area contributed by atoms with Gasteiger partial charge in [-0.1, -0.05) is 44.2 Å². The zero-order valence-corrected chi connectivity index (χ0v) is 15.9. The number of nitrogens with zero attached hydrogens (tertiary/aromatic N) is 1. The first kappa shape index (κ1) is 18.1. The van der Waals surface area contributed by atoms with E-state index in [9.17, 15) is 9.59 Å². The van der Waals surface area contributed by atoms with Crippen LogP contribution in [-0.2, 0) is 7.05 Å². The normalized spacial score (nSPS) is 12.2. The van der Waals surface area contributed by atoms with Gasteiger partial charge >= 0.3 is 0 Å². The molecule has 1 amide bonds. The van der Waals surface area contributed by atoms with Gasteiger partial charge in [0.25, 0.3) is 11.5 Å². The smallest absolute Gasteiger partial charge is 0.252 e. The number of rotatable bonds is 5. The Morgan fingerprint density at radius 2 is 1.77 bits per heavy atom. The molecule has 5 heteroatoms. The predicted octanol–water partition coefficient (Wildman–Crippen LogP) is 4.09. The fourth-order valence-electron chi connectivity index (χ4n) is 2.75. The molecule has 3 rings (SSSR count). The van der Waals surface area contributed by atoms with Gasteiger partial charge in [0.1, 0.15) is 0 Å². The molecule has 134 valence electrons. The van der Waals surface area contributed by atoms with Crippen LogP contribution in [0.3, 0.4) is 0 Å². The number of amides is 1. The number of pyridine rings is 1. The number of carbonyl (C=O) groups excluding carboxylic acids is 1. The Labute approximate surface area is 157 Å². The van der Waals surface area contributed by atoms with E-state index in [-0.39, 0.29) is 17.5 Å². The fourth-order valence-corrected chi connectivity index (χ4v) is 3.55. The standard InChI is InChI=1S/C21H22N2O2S/c1-14(2)15-6-8-16(9-7-15)20(18-5-4-12-26-18)22-21(25)17-10-11-23(3)19(24)13-17/h4-14,20H,1-3H3,(H,22,25). The number of thiophene rings is 1. The second kappa shape index (κ2) is 7.70.